The summed E-state index contributed by atoms with van der Waals surface area (Å²) >= 11 is 0. The van der Waals surface area contributed by atoms with Crippen LogP contribution in [0.15, 0.2) is 24.3 Å². The summed E-state index contributed by atoms with van der Waals surface area (Å²) in [5.41, 5.74) is 2.58. The normalized spacial score (nSPS) is 22.1. The van der Waals surface area contributed by atoms with Crippen LogP contribution in [0, 0.1) is 6.92 Å². The minimum Gasteiger partial charge on any atom is -0.312 e. The highest BCUT2D eigenvalue weighted by atomic mass is 32.2. The molecule has 1 saturated heterocycles. The molecule has 5 heteroatoms. The zero-order valence-corrected chi connectivity index (χ0v) is 13.1. The molecule has 0 amide bonds. The molecule has 1 atom stereocenters. The first-order chi connectivity index (χ1) is 9.44. The Kier molecular flexibility index (Phi) is 5.18. The third-order valence-corrected chi connectivity index (χ3v) is 5.43. The van der Waals surface area contributed by atoms with Crippen molar-refractivity contribution < 1.29 is 8.42 Å². The first-order valence-corrected chi connectivity index (χ1v) is 8.95. The molecule has 0 aromatic heterocycles. The van der Waals surface area contributed by atoms with E-state index in [0.717, 1.165) is 19.5 Å². The van der Waals surface area contributed by atoms with E-state index in [0.29, 0.717) is 6.54 Å². The molecule has 20 heavy (non-hydrogen) atoms. The topological polar surface area (TPSA) is 49.4 Å². The molecule has 0 bridgehead atoms. The van der Waals surface area contributed by atoms with Crippen molar-refractivity contribution in [3.63, 3.8) is 0 Å². The van der Waals surface area contributed by atoms with Crippen LogP contribution in [0.5, 0.6) is 0 Å². The Morgan fingerprint density at radius 3 is 2.90 bits per heavy atom. The van der Waals surface area contributed by atoms with Crippen molar-refractivity contribution in [2.75, 3.05) is 31.6 Å². The van der Waals surface area contributed by atoms with Crippen molar-refractivity contribution in [2.24, 2.45) is 0 Å². The summed E-state index contributed by atoms with van der Waals surface area (Å²) in [5.74, 6) is 0.563. The summed E-state index contributed by atoms with van der Waals surface area (Å²) in [4.78, 5) is 2.25. The van der Waals surface area contributed by atoms with E-state index in [1.807, 2.05) is 0 Å². The Labute approximate surface area is 122 Å². The first-order valence-electron chi connectivity index (χ1n) is 7.12. The lowest BCUT2D eigenvalue weighted by Crippen LogP contribution is -2.46. The smallest absolute Gasteiger partial charge is 0.153 e. The molecule has 0 saturated carbocycles. The molecule has 1 aromatic carbocycles. The van der Waals surface area contributed by atoms with Gasteiger partial charge in [0.05, 0.1) is 11.5 Å². The Morgan fingerprint density at radius 2 is 2.20 bits per heavy atom. The standard InChI is InChI=1S/C15H24N2O2S/c1-13-4-3-5-14(10-13)11-17(2)8-6-15-12-20(18,19)9-7-16-15/h3-5,10,15-16H,6-9,11-12H2,1-2H3. The van der Waals surface area contributed by atoms with E-state index in [-0.39, 0.29) is 17.5 Å². The molecule has 1 heterocycles. The summed E-state index contributed by atoms with van der Waals surface area (Å²) in [6, 6.07) is 8.61. The number of hydrogen-bond acceptors (Lipinski definition) is 4. The van der Waals surface area contributed by atoms with Crippen molar-refractivity contribution >= 4 is 9.84 Å². The van der Waals surface area contributed by atoms with Crippen molar-refractivity contribution in [3.05, 3.63) is 35.4 Å². The zero-order valence-electron chi connectivity index (χ0n) is 12.3. The fourth-order valence-electron chi connectivity index (χ4n) is 2.63. The largest absolute Gasteiger partial charge is 0.312 e. The lowest BCUT2D eigenvalue weighted by molar-refractivity contribution is 0.303. The molecule has 2 rings (SSSR count). The highest BCUT2D eigenvalue weighted by Gasteiger charge is 2.23. The van der Waals surface area contributed by atoms with Gasteiger partial charge in [0.1, 0.15) is 0 Å². The van der Waals surface area contributed by atoms with Gasteiger partial charge in [-0.25, -0.2) is 8.42 Å². The Bertz CT molecular complexity index is 543. The average Bonchev–Trinajstić information content (AvgIpc) is 2.35. The Morgan fingerprint density at radius 1 is 1.40 bits per heavy atom. The number of nitrogens with one attached hydrogen (secondary N) is 1. The Hall–Kier alpha value is -0.910. The SMILES string of the molecule is Cc1cccc(CN(C)CCC2CS(=O)(=O)CCN2)c1. The average molecular weight is 296 g/mol. The van der Waals surface area contributed by atoms with Crippen LogP contribution in [0.3, 0.4) is 0 Å². The highest BCUT2D eigenvalue weighted by Crippen LogP contribution is 2.09. The molecule has 1 unspecified atom stereocenters. The third-order valence-electron chi connectivity index (χ3n) is 3.70. The Balaban J connectivity index is 1.79. The van der Waals surface area contributed by atoms with E-state index in [4.69, 9.17) is 0 Å². The van der Waals surface area contributed by atoms with E-state index in [1.165, 1.54) is 11.1 Å². The maximum Gasteiger partial charge on any atom is 0.153 e. The molecule has 1 aliphatic rings. The summed E-state index contributed by atoms with van der Waals surface area (Å²) in [5, 5.41) is 3.30. The van der Waals surface area contributed by atoms with Crippen molar-refractivity contribution in [1.82, 2.24) is 10.2 Å². The molecular weight excluding hydrogens is 272 g/mol. The van der Waals surface area contributed by atoms with Crippen LogP contribution < -0.4 is 5.32 Å². The van der Waals surface area contributed by atoms with Gasteiger partial charge < -0.3 is 10.2 Å². The lowest BCUT2D eigenvalue weighted by atomic mass is 10.1. The molecule has 0 aliphatic carbocycles. The van der Waals surface area contributed by atoms with Crippen molar-refractivity contribution in [1.29, 1.82) is 0 Å². The monoisotopic (exact) mass is 296 g/mol. The summed E-state index contributed by atoms with van der Waals surface area (Å²) in [7, 11) is -0.742. The van der Waals surface area contributed by atoms with Gasteiger partial charge in [-0.2, -0.15) is 0 Å². The molecule has 1 aromatic rings. The molecule has 0 radical (unpaired) electrons. The molecule has 0 spiro atoms. The quantitative estimate of drug-likeness (QED) is 0.887. The van der Waals surface area contributed by atoms with Gasteiger partial charge in [-0.3, -0.25) is 0 Å². The van der Waals surface area contributed by atoms with E-state index in [1.54, 1.807) is 0 Å². The van der Waals surface area contributed by atoms with Crippen LogP contribution in [-0.2, 0) is 16.4 Å². The van der Waals surface area contributed by atoms with Crippen LogP contribution in [0.25, 0.3) is 0 Å². The molecule has 112 valence electrons. The van der Waals surface area contributed by atoms with Gasteiger partial charge in [-0.15, -0.1) is 0 Å². The van der Waals surface area contributed by atoms with Gasteiger partial charge in [0.15, 0.2) is 9.84 Å². The number of benzene rings is 1. The second kappa shape index (κ2) is 6.70. The van der Waals surface area contributed by atoms with E-state index in [9.17, 15) is 8.42 Å². The van der Waals surface area contributed by atoms with Gasteiger partial charge >= 0.3 is 0 Å². The zero-order chi connectivity index (χ0) is 14.6. The summed E-state index contributed by atoms with van der Waals surface area (Å²) < 4.78 is 23.2. The van der Waals surface area contributed by atoms with Gasteiger partial charge in [0.2, 0.25) is 0 Å². The second-order valence-corrected chi connectivity index (χ2v) is 8.01. The summed E-state index contributed by atoms with van der Waals surface area (Å²) in [6.07, 6.45) is 0.877. The minimum absolute atomic E-state index is 0.105. The van der Waals surface area contributed by atoms with Crippen LogP contribution >= 0.6 is 0 Å². The fraction of sp³-hybridized carbons (Fsp3) is 0.600. The second-order valence-electron chi connectivity index (χ2n) is 5.78. The molecule has 1 fully saturated rings. The van der Waals surface area contributed by atoms with E-state index in [2.05, 4.69) is 48.5 Å². The fourth-order valence-corrected chi connectivity index (χ4v) is 4.12. The van der Waals surface area contributed by atoms with E-state index < -0.39 is 9.84 Å². The predicted octanol–water partition coefficient (Wildman–Crippen LogP) is 1.20. The van der Waals surface area contributed by atoms with Gasteiger partial charge in [-0.05, 0) is 32.5 Å². The van der Waals surface area contributed by atoms with Gasteiger partial charge in [0, 0.05) is 19.1 Å². The number of hydrogen-bond donors (Lipinski definition) is 1. The molecule has 1 aliphatic heterocycles. The first kappa shape index (κ1) is 15.5. The third kappa shape index (κ3) is 4.89. The number of nitrogens with zero attached hydrogens (tertiary/aromatic N) is 1. The molecule has 4 nitrogen and oxygen atoms in total. The van der Waals surface area contributed by atoms with Crippen molar-refractivity contribution in [2.45, 2.75) is 25.9 Å². The number of sulfone groups is 1. The van der Waals surface area contributed by atoms with Crippen LogP contribution in [0.1, 0.15) is 17.5 Å². The van der Waals surface area contributed by atoms with Crippen molar-refractivity contribution in [3.8, 4) is 0 Å². The summed E-state index contributed by atoms with van der Waals surface area (Å²) in [6.45, 7) is 4.50. The van der Waals surface area contributed by atoms with Crippen LogP contribution in [-0.4, -0.2) is 51.0 Å². The van der Waals surface area contributed by atoms with Crippen LogP contribution in [0.4, 0.5) is 0 Å². The van der Waals surface area contributed by atoms with Crippen LogP contribution in [0.2, 0.25) is 0 Å². The molecule has 1 N–H and O–H groups in total. The lowest BCUT2D eigenvalue weighted by Gasteiger charge is -2.26. The number of rotatable bonds is 5. The van der Waals surface area contributed by atoms with E-state index >= 15 is 0 Å². The van der Waals surface area contributed by atoms with Gasteiger partial charge in [-0.1, -0.05) is 29.8 Å². The minimum atomic E-state index is -2.83. The maximum absolute atomic E-state index is 11.6. The highest BCUT2D eigenvalue weighted by molar-refractivity contribution is 7.91. The maximum atomic E-state index is 11.6. The molecular formula is C15H24N2O2S. The van der Waals surface area contributed by atoms with Gasteiger partial charge in [0.25, 0.3) is 0 Å². The predicted molar refractivity (Wildman–Crippen MR) is 82.6 cm³/mol. The number of aryl methyl sites for hydroxylation is 1.